The summed E-state index contributed by atoms with van der Waals surface area (Å²) in [5, 5.41) is 36.2. The minimum Gasteiger partial charge on any atom is -0.508 e. The lowest BCUT2D eigenvalue weighted by Gasteiger charge is -2.16. The predicted molar refractivity (Wildman–Crippen MR) is 145 cm³/mol. The number of aliphatic hydroxyl groups is 2. The minimum atomic E-state index is -6.06. The van der Waals surface area contributed by atoms with Crippen molar-refractivity contribution in [2.24, 2.45) is 0 Å². The minimum absolute atomic E-state index is 0.0151. The molecule has 4 rings (SSSR count). The lowest BCUT2D eigenvalue weighted by molar-refractivity contribution is -0.0500. The van der Waals surface area contributed by atoms with E-state index < -0.39 is 67.2 Å². The van der Waals surface area contributed by atoms with E-state index in [1.165, 1.54) is 41.8 Å². The van der Waals surface area contributed by atoms with E-state index in [2.05, 4.69) is 14.4 Å². The van der Waals surface area contributed by atoms with Gasteiger partial charge in [0.05, 0.1) is 47.8 Å². The lowest BCUT2D eigenvalue weighted by Crippen LogP contribution is -2.28. The van der Waals surface area contributed by atoms with Crippen LogP contribution in [0.2, 0.25) is 0 Å². The standard InChI is InChI=1S/C14H13F5N2O4S.C13H14F2N2O2/c1-13(2,22)7-21-6-8(5-20-21)12-10(15)3-9(4-11(12)16)25-26(23,24)14(17,18)19;1-13(2,19)7-17-6-8(5-16-17)12-10(14)3-9(18)4-11(12)15/h3-6,22H,7H2,1-2H3;3-6,18-19H,7H2,1-2H3. The van der Waals surface area contributed by atoms with E-state index in [0.29, 0.717) is 12.1 Å². The van der Waals surface area contributed by atoms with Gasteiger partial charge in [0.2, 0.25) is 0 Å². The smallest absolute Gasteiger partial charge is 0.508 e. The quantitative estimate of drug-likeness (QED) is 0.133. The van der Waals surface area contributed by atoms with Crippen molar-refractivity contribution in [2.45, 2.75) is 57.5 Å². The first kappa shape index (κ1) is 35.3. The molecule has 0 saturated carbocycles. The number of benzene rings is 2. The average molecular weight is 669 g/mol. The molecule has 0 radical (unpaired) electrons. The van der Waals surface area contributed by atoms with Gasteiger partial charge in [-0.2, -0.15) is 31.8 Å². The van der Waals surface area contributed by atoms with Crippen LogP contribution in [0.1, 0.15) is 27.7 Å². The third-order valence-electron chi connectivity index (χ3n) is 5.47. The Hall–Kier alpha value is -4.16. The second kappa shape index (κ2) is 12.7. The van der Waals surface area contributed by atoms with Crippen molar-refractivity contribution < 1.29 is 58.7 Å². The monoisotopic (exact) mass is 668 g/mol. The van der Waals surface area contributed by atoms with Gasteiger partial charge in [0, 0.05) is 47.8 Å². The second-order valence-electron chi connectivity index (χ2n) is 11.0. The summed E-state index contributed by atoms with van der Waals surface area (Å²) in [5.74, 6) is -6.05. The zero-order valence-corrected chi connectivity index (χ0v) is 24.8. The molecule has 2 aromatic heterocycles. The zero-order chi connectivity index (χ0) is 34.1. The highest BCUT2D eigenvalue weighted by Gasteiger charge is 2.48. The molecular weight excluding hydrogens is 641 g/mol. The summed E-state index contributed by atoms with van der Waals surface area (Å²) in [7, 11) is -6.06. The summed E-state index contributed by atoms with van der Waals surface area (Å²) < 4.78 is 121. The van der Waals surface area contributed by atoms with Crippen molar-refractivity contribution >= 4 is 10.1 Å². The van der Waals surface area contributed by atoms with Gasteiger partial charge in [-0.15, -0.1) is 0 Å². The fourth-order valence-corrected chi connectivity index (χ4v) is 4.28. The molecule has 18 heteroatoms. The number of aromatic hydroxyl groups is 1. The van der Waals surface area contributed by atoms with E-state index >= 15 is 0 Å². The van der Waals surface area contributed by atoms with Crippen LogP contribution >= 0.6 is 0 Å². The Bertz CT molecular complexity index is 1730. The molecular formula is C27H27F7N4O6S. The number of halogens is 7. The molecule has 0 unspecified atom stereocenters. The molecule has 0 spiro atoms. The van der Waals surface area contributed by atoms with E-state index in [1.54, 1.807) is 13.8 Å². The molecule has 0 saturated heterocycles. The van der Waals surface area contributed by atoms with Gasteiger partial charge in [-0.1, -0.05) is 0 Å². The van der Waals surface area contributed by atoms with Crippen LogP contribution in [0.15, 0.2) is 49.1 Å². The van der Waals surface area contributed by atoms with Crippen molar-refractivity contribution in [2.75, 3.05) is 0 Å². The molecule has 0 aliphatic rings. The first-order valence-corrected chi connectivity index (χ1v) is 14.0. The Morgan fingerprint density at radius 2 is 1.09 bits per heavy atom. The van der Waals surface area contributed by atoms with Gasteiger partial charge in [0.25, 0.3) is 0 Å². The summed E-state index contributed by atoms with van der Waals surface area (Å²) in [6.07, 6.45) is 5.05. The number of aromatic nitrogens is 4. The second-order valence-corrected chi connectivity index (χ2v) is 12.5. The maximum Gasteiger partial charge on any atom is 0.534 e. The molecule has 3 N–H and O–H groups in total. The van der Waals surface area contributed by atoms with Crippen molar-refractivity contribution in [3.8, 4) is 33.8 Å². The molecule has 2 aromatic carbocycles. The molecule has 0 aliphatic heterocycles. The Labute approximate surface area is 252 Å². The summed E-state index contributed by atoms with van der Waals surface area (Å²) in [6.45, 7) is 6.41. The van der Waals surface area contributed by atoms with Crippen LogP contribution in [0, 0.1) is 23.3 Å². The average Bonchev–Trinajstić information content (AvgIpc) is 3.44. The maximum absolute atomic E-state index is 14.1. The van der Waals surface area contributed by atoms with Gasteiger partial charge in [-0.05, 0) is 27.7 Å². The first-order valence-electron chi connectivity index (χ1n) is 12.6. The molecule has 45 heavy (non-hydrogen) atoms. The summed E-state index contributed by atoms with van der Waals surface area (Å²) >= 11 is 0. The molecule has 2 heterocycles. The number of alkyl halides is 3. The van der Waals surface area contributed by atoms with E-state index in [0.717, 1.165) is 18.3 Å². The summed E-state index contributed by atoms with van der Waals surface area (Å²) in [4.78, 5) is 0. The van der Waals surface area contributed by atoms with Gasteiger partial charge >= 0.3 is 15.6 Å². The third kappa shape index (κ3) is 9.41. The van der Waals surface area contributed by atoms with Crippen LogP contribution in [0.25, 0.3) is 22.3 Å². The van der Waals surface area contributed by atoms with E-state index in [4.69, 9.17) is 5.11 Å². The Balaban J connectivity index is 0.000000257. The SMILES string of the molecule is CC(C)(O)Cn1cc(-c2c(F)cc(O)cc2F)cn1.CC(C)(O)Cn1cc(-c2c(F)cc(OS(=O)(=O)C(F)(F)F)cc2F)cn1. The van der Waals surface area contributed by atoms with Gasteiger partial charge < -0.3 is 19.5 Å². The molecule has 0 atom stereocenters. The van der Waals surface area contributed by atoms with Crippen molar-refractivity contribution in [3.63, 3.8) is 0 Å². The Morgan fingerprint density at radius 1 is 0.733 bits per heavy atom. The normalized spacial score (nSPS) is 12.6. The molecule has 0 fully saturated rings. The van der Waals surface area contributed by atoms with Gasteiger partial charge in [-0.3, -0.25) is 9.36 Å². The zero-order valence-electron chi connectivity index (χ0n) is 23.9. The predicted octanol–water partition coefficient (Wildman–Crippen LogP) is 5.13. The lowest BCUT2D eigenvalue weighted by atomic mass is 10.1. The third-order valence-corrected chi connectivity index (χ3v) is 6.45. The van der Waals surface area contributed by atoms with Crippen LogP contribution in [-0.2, 0) is 23.2 Å². The highest BCUT2D eigenvalue weighted by molar-refractivity contribution is 7.88. The van der Waals surface area contributed by atoms with Crippen LogP contribution in [0.4, 0.5) is 30.7 Å². The number of hydrogen-bond donors (Lipinski definition) is 3. The first-order chi connectivity index (χ1) is 20.5. The number of nitrogens with zero attached hydrogens (tertiary/aromatic N) is 4. The largest absolute Gasteiger partial charge is 0.534 e. The molecule has 0 bridgehead atoms. The molecule has 0 amide bonds. The topological polar surface area (TPSA) is 140 Å². The van der Waals surface area contributed by atoms with Gasteiger partial charge in [-0.25, -0.2) is 17.6 Å². The fraction of sp³-hybridized carbons (Fsp3) is 0.333. The summed E-state index contributed by atoms with van der Waals surface area (Å²) in [5.41, 5.74) is -8.56. The van der Waals surface area contributed by atoms with Crippen LogP contribution < -0.4 is 4.18 Å². The van der Waals surface area contributed by atoms with Crippen molar-refractivity contribution in [1.29, 1.82) is 0 Å². The Morgan fingerprint density at radius 3 is 1.42 bits per heavy atom. The van der Waals surface area contributed by atoms with E-state index in [1.807, 2.05) is 0 Å². The van der Waals surface area contributed by atoms with E-state index in [9.17, 15) is 49.4 Å². The highest BCUT2D eigenvalue weighted by atomic mass is 32.2. The molecule has 10 nitrogen and oxygen atoms in total. The van der Waals surface area contributed by atoms with Gasteiger partial charge in [0.1, 0.15) is 34.8 Å². The molecule has 0 aliphatic carbocycles. The number of rotatable bonds is 8. The van der Waals surface area contributed by atoms with Crippen LogP contribution in [0.3, 0.4) is 0 Å². The van der Waals surface area contributed by atoms with Crippen LogP contribution in [-0.4, -0.2) is 60.0 Å². The number of hydrogen-bond acceptors (Lipinski definition) is 8. The Kier molecular flexibility index (Phi) is 9.95. The van der Waals surface area contributed by atoms with E-state index in [-0.39, 0.29) is 29.8 Å². The van der Waals surface area contributed by atoms with Gasteiger partial charge in [0.15, 0.2) is 0 Å². The van der Waals surface area contributed by atoms with Crippen LogP contribution in [0.5, 0.6) is 11.5 Å². The highest BCUT2D eigenvalue weighted by Crippen LogP contribution is 2.33. The maximum atomic E-state index is 14.1. The molecule has 246 valence electrons. The number of phenolic OH excluding ortho intramolecular Hbond substituents is 1. The number of phenols is 1. The summed E-state index contributed by atoms with van der Waals surface area (Å²) in [6, 6.07) is 2.31. The van der Waals surface area contributed by atoms with Crippen molar-refractivity contribution in [3.05, 3.63) is 72.3 Å². The van der Waals surface area contributed by atoms with Crippen molar-refractivity contribution in [1.82, 2.24) is 19.6 Å². The molecule has 4 aromatic rings. The fourth-order valence-electron chi connectivity index (χ4n) is 3.83.